The predicted octanol–water partition coefficient (Wildman–Crippen LogP) is 5.30. The van der Waals surface area contributed by atoms with E-state index < -0.39 is 0 Å². The molecule has 4 heterocycles. The minimum atomic E-state index is 0. The maximum absolute atomic E-state index is 13.1. The lowest BCUT2D eigenvalue weighted by Crippen LogP contribution is -2.47. The van der Waals surface area contributed by atoms with Crippen LogP contribution in [0.3, 0.4) is 0 Å². The van der Waals surface area contributed by atoms with Gasteiger partial charge in [0.2, 0.25) is 0 Å². The molecule has 3 unspecified atom stereocenters. The number of hydrogen-bond donors (Lipinski definition) is 2. The van der Waals surface area contributed by atoms with Gasteiger partial charge in [-0.3, -0.25) is 9.20 Å². The van der Waals surface area contributed by atoms with Gasteiger partial charge in [0.1, 0.15) is 5.65 Å². The molecule has 2 aliphatic rings. The number of benzene rings is 1. The number of aromatic nitrogens is 2. The number of carbonyl (C=O) groups is 1. The summed E-state index contributed by atoms with van der Waals surface area (Å²) in [4.78, 5) is 18.3. The molecule has 176 valence electrons. The summed E-state index contributed by atoms with van der Waals surface area (Å²) in [6.07, 6.45) is 7.16. The zero-order valence-electron chi connectivity index (χ0n) is 18.6. The lowest BCUT2D eigenvalue weighted by molar-refractivity contribution is -0.117. The van der Waals surface area contributed by atoms with Crippen molar-refractivity contribution >= 4 is 54.2 Å². The third-order valence-electron chi connectivity index (χ3n) is 6.41. The van der Waals surface area contributed by atoms with Crippen molar-refractivity contribution in [2.24, 2.45) is 5.92 Å². The average Bonchev–Trinajstić information content (AvgIpc) is 3.23. The van der Waals surface area contributed by atoms with E-state index in [1.165, 1.54) is 17.3 Å². The average molecular weight is 506 g/mol. The molecule has 33 heavy (non-hydrogen) atoms. The van der Waals surface area contributed by atoms with Crippen molar-refractivity contribution in [3.8, 4) is 0 Å². The fourth-order valence-corrected chi connectivity index (χ4v) is 6.01. The highest BCUT2D eigenvalue weighted by atomic mass is 35.5. The summed E-state index contributed by atoms with van der Waals surface area (Å²) < 4.78 is 2.09. The van der Waals surface area contributed by atoms with Crippen molar-refractivity contribution in [3.63, 3.8) is 0 Å². The molecule has 1 fully saturated rings. The van der Waals surface area contributed by atoms with Crippen LogP contribution in [0.2, 0.25) is 0 Å². The summed E-state index contributed by atoms with van der Waals surface area (Å²) >= 11 is 1.51. The summed E-state index contributed by atoms with van der Waals surface area (Å²) in [5.41, 5.74) is 3.24. The number of thioether (sulfide) groups is 1. The van der Waals surface area contributed by atoms with E-state index in [1.807, 2.05) is 30.5 Å². The second-order valence-electron chi connectivity index (χ2n) is 8.40. The molecule has 0 bridgehead atoms. The molecule has 0 spiro atoms. The van der Waals surface area contributed by atoms with E-state index in [2.05, 4.69) is 57.3 Å². The summed E-state index contributed by atoms with van der Waals surface area (Å²) in [5, 5.41) is 8.02. The Balaban J connectivity index is 0.00000153. The van der Waals surface area contributed by atoms with Gasteiger partial charge >= 0.3 is 0 Å². The first kappa shape index (κ1) is 25.6. The highest BCUT2D eigenvalue weighted by Crippen LogP contribution is 2.36. The number of imidazole rings is 1. The number of pyridine rings is 1. The SMILES string of the molecule is CCCC1NCCC(CNC(=O)C2=Cc3cnc4cccc(n34)S2)C1c1ccccc1.Cl.Cl. The molecule has 3 atom stereocenters. The van der Waals surface area contributed by atoms with Crippen LogP contribution in [-0.2, 0) is 4.79 Å². The molecule has 0 aliphatic carbocycles. The number of carbonyl (C=O) groups excluding carboxylic acids is 1. The number of nitrogens with one attached hydrogen (secondary N) is 2. The lowest BCUT2D eigenvalue weighted by Gasteiger charge is -2.39. The van der Waals surface area contributed by atoms with Gasteiger partial charge in [-0.15, -0.1) is 24.8 Å². The monoisotopic (exact) mass is 504 g/mol. The summed E-state index contributed by atoms with van der Waals surface area (Å²) in [5.74, 6) is 0.845. The maximum Gasteiger partial charge on any atom is 0.258 e. The first-order valence-corrected chi connectivity index (χ1v) is 12.0. The Kier molecular flexibility index (Phi) is 8.88. The smallest absolute Gasteiger partial charge is 0.258 e. The first-order valence-electron chi connectivity index (χ1n) is 11.2. The molecule has 0 saturated carbocycles. The van der Waals surface area contributed by atoms with Gasteiger partial charge in [-0.25, -0.2) is 4.98 Å². The van der Waals surface area contributed by atoms with Gasteiger partial charge in [-0.1, -0.05) is 61.5 Å². The number of piperidine rings is 1. The van der Waals surface area contributed by atoms with Crippen LogP contribution in [0, 0.1) is 5.92 Å². The van der Waals surface area contributed by atoms with E-state index in [-0.39, 0.29) is 30.7 Å². The van der Waals surface area contributed by atoms with Crippen molar-refractivity contribution in [2.75, 3.05) is 13.1 Å². The number of amides is 1. The van der Waals surface area contributed by atoms with Crippen LogP contribution >= 0.6 is 36.6 Å². The maximum atomic E-state index is 13.1. The van der Waals surface area contributed by atoms with Gasteiger partial charge in [0.15, 0.2) is 0 Å². The number of rotatable bonds is 6. The van der Waals surface area contributed by atoms with Crippen LogP contribution in [0.4, 0.5) is 0 Å². The molecule has 8 heteroatoms. The molecule has 0 radical (unpaired) electrons. The number of halogens is 2. The molecule has 5 nitrogen and oxygen atoms in total. The van der Waals surface area contributed by atoms with Gasteiger partial charge < -0.3 is 10.6 Å². The Bertz CT molecular complexity index is 1120. The highest BCUT2D eigenvalue weighted by Gasteiger charge is 2.34. The molecule has 1 aromatic carbocycles. The minimum Gasteiger partial charge on any atom is -0.351 e. The van der Waals surface area contributed by atoms with Crippen LogP contribution in [0.1, 0.15) is 43.4 Å². The zero-order valence-corrected chi connectivity index (χ0v) is 21.0. The highest BCUT2D eigenvalue weighted by molar-refractivity contribution is 8.04. The molecule has 2 N–H and O–H groups in total. The quantitative estimate of drug-likeness (QED) is 0.477. The van der Waals surface area contributed by atoms with Crippen molar-refractivity contribution in [2.45, 2.75) is 43.2 Å². The zero-order chi connectivity index (χ0) is 21.2. The predicted molar refractivity (Wildman–Crippen MR) is 141 cm³/mol. The Hall–Kier alpha value is -1.99. The van der Waals surface area contributed by atoms with E-state index in [0.29, 0.717) is 24.4 Å². The minimum absolute atomic E-state index is 0. The van der Waals surface area contributed by atoms with E-state index >= 15 is 0 Å². The van der Waals surface area contributed by atoms with Crippen LogP contribution in [0.5, 0.6) is 0 Å². The first-order chi connectivity index (χ1) is 15.2. The summed E-state index contributed by atoms with van der Waals surface area (Å²) in [6.45, 7) is 3.95. The third-order valence-corrected chi connectivity index (χ3v) is 7.46. The van der Waals surface area contributed by atoms with Gasteiger partial charge in [-0.05, 0) is 49.1 Å². The van der Waals surface area contributed by atoms with E-state index in [9.17, 15) is 4.79 Å². The fraction of sp³-hybridized carbons (Fsp3) is 0.360. The van der Waals surface area contributed by atoms with Crippen LogP contribution in [-0.4, -0.2) is 34.4 Å². The van der Waals surface area contributed by atoms with Gasteiger partial charge in [-0.2, -0.15) is 0 Å². The molecular weight excluding hydrogens is 475 g/mol. The van der Waals surface area contributed by atoms with Gasteiger partial charge in [0.05, 0.1) is 21.8 Å². The third kappa shape index (κ3) is 5.24. The number of hydrogen-bond acceptors (Lipinski definition) is 4. The van der Waals surface area contributed by atoms with Gasteiger partial charge in [0, 0.05) is 18.5 Å². The summed E-state index contributed by atoms with van der Waals surface area (Å²) in [7, 11) is 0. The summed E-state index contributed by atoms with van der Waals surface area (Å²) in [6, 6.07) is 17.2. The molecule has 2 aliphatic heterocycles. The van der Waals surface area contributed by atoms with Crippen molar-refractivity contribution < 1.29 is 4.79 Å². The normalized spacial score (nSPS) is 21.5. The number of nitrogens with zero attached hydrogens (tertiary/aromatic N) is 2. The van der Waals surface area contributed by atoms with Crippen molar-refractivity contribution in [1.82, 2.24) is 20.0 Å². The Morgan fingerprint density at radius 1 is 1.18 bits per heavy atom. The largest absolute Gasteiger partial charge is 0.351 e. The fourth-order valence-electron chi connectivity index (χ4n) is 5.00. The second-order valence-corrected chi connectivity index (χ2v) is 9.46. The van der Waals surface area contributed by atoms with Gasteiger partial charge in [0.25, 0.3) is 5.91 Å². The molecule has 1 saturated heterocycles. The lowest BCUT2D eigenvalue weighted by atomic mass is 9.75. The molecular formula is C25H30Cl2N4OS. The Labute approximate surface area is 211 Å². The van der Waals surface area contributed by atoms with Crippen molar-refractivity contribution in [1.29, 1.82) is 0 Å². The van der Waals surface area contributed by atoms with E-state index in [1.54, 1.807) is 0 Å². The van der Waals surface area contributed by atoms with Crippen LogP contribution < -0.4 is 10.6 Å². The molecule has 1 amide bonds. The molecule has 3 aromatic rings. The Morgan fingerprint density at radius 3 is 2.79 bits per heavy atom. The van der Waals surface area contributed by atoms with Crippen molar-refractivity contribution in [3.05, 3.63) is 70.9 Å². The van der Waals surface area contributed by atoms with Crippen LogP contribution in [0.15, 0.2) is 64.7 Å². The van der Waals surface area contributed by atoms with E-state index in [0.717, 1.165) is 47.1 Å². The molecule has 2 aromatic heterocycles. The van der Waals surface area contributed by atoms with Crippen LogP contribution in [0.25, 0.3) is 11.7 Å². The second kappa shape index (κ2) is 11.4. The standard InChI is InChI=1S/C25H28N4OS.2ClH/c1-2-7-20-24(17-8-4-3-5-9-17)18(12-13-26-20)15-28-25(30)21-14-19-16-27-22-10-6-11-23(31-21)29(19)22;;/h3-6,8-11,14,16,18,20,24,26H,2,7,12-13,15H2,1H3,(H,28,30);2*1H. The van der Waals surface area contributed by atoms with E-state index in [4.69, 9.17) is 0 Å². The molecule has 5 rings (SSSR count). The topological polar surface area (TPSA) is 58.4 Å². The Morgan fingerprint density at radius 2 is 2.00 bits per heavy atom.